The third-order valence-electron chi connectivity index (χ3n) is 6.51. The van der Waals surface area contributed by atoms with E-state index in [1.54, 1.807) is 12.2 Å². The van der Waals surface area contributed by atoms with Gasteiger partial charge in [-0.2, -0.15) is 11.8 Å². The summed E-state index contributed by atoms with van der Waals surface area (Å²) < 4.78 is 6.08. The average molecular weight is 523 g/mol. The smallest absolute Gasteiger partial charge is 0.313 e. The van der Waals surface area contributed by atoms with Crippen molar-refractivity contribution in [3.8, 4) is 0 Å². The molecule has 3 rings (SSSR count). The number of thioether (sulfide) groups is 2. The molecule has 0 saturated heterocycles. The van der Waals surface area contributed by atoms with Crippen LogP contribution in [0.3, 0.4) is 0 Å². The molecule has 0 aliphatic heterocycles. The number of aliphatic carboxylic acids is 1. The van der Waals surface area contributed by atoms with Crippen LogP contribution >= 0.6 is 23.5 Å². The Kier molecular flexibility index (Phi) is 12.2. The zero-order valence-corrected chi connectivity index (χ0v) is 21.9. The predicted molar refractivity (Wildman–Crippen MR) is 142 cm³/mol. The van der Waals surface area contributed by atoms with Crippen LogP contribution in [-0.4, -0.2) is 67.9 Å². The number of ketones is 1. The Morgan fingerprint density at radius 1 is 1.17 bits per heavy atom. The molecule has 6 nitrogen and oxygen atoms in total. The Hall–Kier alpha value is -1.32. The second-order valence-electron chi connectivity index (χ2n) is 9.45. The van der Waals surface area contributed by atoms with E-state index in [0.717, 1.165) is 41.9 Å². The fraction of sp³-hybridized carbons (Fsp3) is 0.630. The Morgan fingerprint density at radius 3 is 2.71 bits per heavy atom. The third kappa shape index (κ3) is 9.92. The summed E-state index contributed by atoms with van der Waals surface area (Å²) in [5.74, 6) is 0.454. The zero-order valence-electron chi connectivity index (χ0n) is 20.2. The molecule has 0 heterocycles. The van der Waals surface area contributed by atoms with Crippen LogP contribution in [0.2, 0.25) is 0 Å². The molecule has 35 heavy (non-hydrogen) atoms. The number of benzene rings is 1. The lowest BCUT2D eigenvalue weighted by Gasteiger charge is -2.22. The van der Waals surface area contributed by atoms with Crippen molar-refractivity contribution < 1.29 is 29.6 Å². The first-order valence-corrected chi connectivity index (χ1v) is 14.8. The van der Waals surface area contributed by atoms with E-state index in [-0.39, 0.29) is 29.1 Å². The van der Waals surface area contributed by atoms with Gasteiger partial charge in [0.15, 0.2) is 0 Å². The van der Waals surface area contributed by atoms with Gasteiger partial charge in [0.25, 0.3) is 0 Å². The number of aliphatic hydroxyl groups is 2. The summed E-state index contributed by atoms with van der Waals surface area (Å²) in [6.07, 6.45) is 9.91. The summed E-state index contributed by atoms with van der Waals surface area (Å²) in [4.78, 5) is 23.0. The highest BCUT2D eigenvalue weighted by atomic mass is 32.2. The van der Waals surface area contributed by atoms with E-state index in [2.05, 4.69) is 12.1 Å². The normalized spacial score (nSPS) is 24.3. The van der Waals surface area contributed by atoms with E-state index >= 15 is 0 Å². The lowest BCUT2D eigenvalue weighted by atomic mass is 9.98. The average Bonchev–Trinajstić information content (AvgIpc) is 3.11. The molecule has 0 radical (unpaired) electrons. The summed E-state index contributed by atoms with van der Waals surface area (Å²) in [6, 6.07) is 8.12. The maximum absolute atomic E-state index is 12.4. The van der Waals surface area contributed by atoms with Gasteiger partial charge in [-0.1, -0.05) is 55.7 Å². The summed E-state index contributed by atoms with van der Waals surface area (Å²) >= 11 is 2.89. The topological polar surface area (TPSA) is 104 Å². The number of rotatable bonds is 14. The molecule has 1 aromatic carbocycles. The van der Waals surface area contributed by atoms with Gasteiger partial charge in [-0.15, -0.1) is 11.8 Å². The van der Waals surface area contributed by atoms with Gasteiger partial charge < -0.3 is 20.1 Å². The largest absolute Gasteiger partial charge is 0.481 e. The second kappa shape index (κ2) is 15.1. The lowest BCUT2D eigenvalue weighted by Crippen LogP contribution is -2.22. The van der Waals surface area contributed by atoms with Gasteiger partial charge >= 0.3 is 5.97 Å². The van der Waals surface area contributed by atoms with Gasteiger partial charge in [0.05, 0.1) is 35.9 Å². The zero-order chi connectivity index (χ0) is 25.0. The van der Waals surface area contributed by atoms with Gasteiger partial charge in [-0.05, 0) is 41.9 Å². The summed E-state index contributed by atoms with van der Waals surface area (Å²) in [5, 5.41) is 29.4. The quantitative estimate of drug-likeness (QED) is 0.246. The monoisotopic (exact) mass is 522 g/mol. The molecule has 2 fully saturated rings. The van der Waals surface area contributed by atoms with E-state index < -0.39 is 18.2 Å². The number of carbonyl (C=O) groups excluding carboxylic acids is 1. The minimum absolute atomic E-state index is 0.0375. The number of hydrogen-bond donors (Lipinski definition) is 3. The number of carboxylic acids is 1. The molecule has 0 amide bonds. The maximum atomic E-state index is 12.4. The van der Waals surface area contributed by atoms with E-state index in [1.807, 2.05) is 12.1 Å². The van der Waals surface area contributed by atoms with E-state index in [0.29, 0.717) is 19.1 Å². The molecular weight excluding hydrogens is 484 g/mol. The van der Waals surface area contributed by atoms with Crippen LogP contribution in [0.1, 0.15) is 56.1 Å². The number of carbonyl (C=O) groups is 2. The number of carboxylic acid groups (broad SMARTS) is 1. The van der Waals surface area contributed by atoms with Crippen molar-refractivity contribution in [3.63, 3.8) is 0 Å². The number of hydrogen-bond acceptors (Lipinski definition) is 7. The fourth-order valence-electron chi connectivity index (χ4n) is 4.70. The van der Waals surface area contributed by atoms with Crippen molar-refractivity contribution in [2.24, 2.45) is 5.92 Å². The van der Waals surface area contributed by atoms with Crippen LogP contribution < -0.4 is 0 Å². The molecule has 2 saturated carbocycles. The molecule has 3 unspecified atom stereocenters. The molecule has 8 heteroatoms. The Labute approximate surface area is 216 Å². The highest BCUT2D eigenvalue weighted by Gasteiger charge is 2.40. The second-order valence-corrected chi connectivity index (χ2v) is 11.8. The van der Waals surface area contributed by atoms with Crippen molar-refractivity contribution in [2.75, 3.05) is 17.3 Å². The first kappa shape index (κ1) is 28.3. The Morgan fingerprint density at radius 2 is 1.94 bits per heavy atom. The van der Waals surface area contributed by atoms with Gasteiger partial charge in [0.2, 0.25) is 0 Å². The molecule has 0 bridgehead atoms. The number of aliphatic hydroxyl groups excluding tert-OH is 2. The first-order chi connectivity index (χ1) is 16.9. The van der Waals surface area contributed by atoms with Crippen LogP contribution in [0.4, 0.5) is 0 Å². The predicted octanol–water partition coefficient (Wildman–Crippen LogP) is 4.26. The van der Waals surface area contributed by atoms with E-state index in [4.69, 9.17) is 9.84 Å². The van der Waals surface area contributed by atoms with Crippen molar-refractivity contribution >= 4 is 35.3 Å². The first-order valence-electron chi connectivity index (χ1n) is 12.6. The molecule has 4 atom stereocenters. The summed E-state index contributed by atoms with van der Waals surface area (Å²) in [6.45, 7) is 0.592. The number of ether oxygens (including phenoxy) is 1. The number of Topliss-reactive ketones (excluding diaryl/α,β-unsaturated/α-hetero) is 1. The lowest BCUT2D eigenvalue weighted by molar-refractivity contribution is -0.133. The minimum atomic E-state index is -0.819. The molecule has 0 aromatic heterocycles. The van der Waals surface area contributed by atoms with E-state index in [1.165, 1.54) is 42.8 Å². The molecule has 1 aromatic rings. The maximum Gasteiger partial charge on any atom is 0.313 e. The molecular formula is C27H38O6S2. The Bertz CT molecular complexity index is 839. The van der Waals surface area contributed by atoms with Gasteiger partial charge in [0, 0.05) is 18.8 Å². The minimum Gasteiger partial charge on any atom is -0.481 e. The van der Waals surface area contributed by atoms with Crippen LogP contribution in [0.15, 0.2) is 36.4 Å². The molecule has 2 aliphatic carbocycles. The Balaban J connectivity index is 1.45. The fourth-order valence-corrected chi connectivity index (χ4v) is 6.89. The van der Waals surface area contributed by atoms with Gasteiger partial charge in [0.1, 0.15) is 5.78 Å². The molecule has 0 spiro atoms. The van der Waals surface area contributed by atoms with Crippen LogP contribution in [0.25, 0.3) is 0 Å². The van der Waals surface area contributed by atoms with Gasteiger partial charge in [-0.3, -0.25) is 9.59 Å². The van der Waals surface area contributed by atoms with Crippen molar-refractivity contribution in [2.45, 2.75) is 81.5 Å². The van der Waals surface area contributed by atoms with Gasteiger partial charge in [-0.25, -0.2) is 0 Å². The van der Waals surface area contributed by atoms with Crippen LogP contribution in [-0.2, 0) is 27.4 Å². The van der Waals surface area contributed by atoms with Crippen molar-refractivity contribution in [3.05, 3.63) is 47.5 Å². The van der Waals surface area contributed by atoms with Crippen LogP contribution in [0, 0.1) is 5.92 Å². The van der Waals surface area contributed by atoms with E-state index in [9.17, 15) is 19.8 Å². The van der Waals surface area contributed by atoms with Crippen molar-refractivity contribution in [1.82, 2.24) is 0 Å². The molecule has 3 N–H and O–H groups in total. The highest BCUT2D eigenvalue weighted by molar-refractivity contribution is 8.01. The standard InChI is InChI=1S/C27H38O6S2/c28-21(15-19-6-4-7-20(14-19)17-33-22-8-2-1-3-9-22)10-11-23-24(29)16-25(30)27(23)35-13-5-12-34-18-26(31)32/h4,6-7,10-11,14,21-24,27-29H,1-3,5,8-9,12-13,15-18H2,(H,31,32)/t21?,23-,24?,27?/m0/s1. The summed E-state index contributed by atoms with van der Waals surface area (Å²) in [7, 11) is 0. The highest BCUT2D eigenvalue weighted by Crippen LogP contribution is 2.34. The third-order valence-corrected chi connectivity index (χ3v) is 9.00. The van der Waals surface area contributed by atoms with Crippen LogP contribution in [0.5, 0.6) is 0 Å². The molecule has 2 aliphatic rings. The molecule has 194 valence electrons. The SMILES string of the molecule is O=C(O)CSCCCSC1C(=O)CC(O)[C@@H]1C=CC(O)Cc1cccc(COC2CCCCC2)c1. The summed E-state index contributed by atoms with van der Waals surface area (Å²) in [5.41, 5.74) is 2.14. The van der Waals surface area contributed by atoms with Crippen molar-refractivity contribution in [1.29, 1.82) is 0 Å².